The second-order valence-corrected chi connectivity index (χ2v) is 2.58. The van der Waals surface area contributed by atoms with E-state index in [4.69, 9.17) is 0 Å². The van der Waals surface area contributed by atoms with E-state index in [0.717, 1.165) is 6.54 Å². The maximum absolute atomic E-state index is 3.21. The van der Waals surface area contributed by atoms with E-state index < -0.39 is 0 Å². The molecule has 0 aliphatic rings. The fourth-order valence-corrected chi connectivity index (χ4v) is 0.725. The van der Waals surface area contributed by atoms with E-state index in [1.807, 2.05) is 43.5 Å². The first-order chi connectivity index (χ1) is 5.91. The molecule has 0 amide bonds. The predicted molar refractivity (Wildman–Crippen MR) is 56.0 cm³/mol. The van der Waals surface area contributed by atoms with E-state index in [2.05, 4.69) is 12.2 Å². The van der Waals surface area contributed by atoms with Gasteiger partial charge in [0.15, 0.2) is 0 Å². The first-order valence-corrected chi connectivity index (χ1v) is 4.59. The van der Waals surface area contributed by atoms with Crippen molar-refractivity contribution in [2.24, 2.45) is 0 Å². The van der Waals surface area contributed by atoms with Crippen molar-refractivity contribution in [3.63, 3.8) is 0 Å². The summed E-state index contributed by atoms with van der Waals surface area (Å²) in [5, 5.41) is 3.21. The fourth-order valence-electron chi connectivity index (χ4n) is 0.725. The summed E-state index contributed by atoms with van der Waals surface area (Å²) in [6.07, 6.45) is 14.5. The first kappa shape index (κ1) is 11.0. The predicted octanol–water partition coefficient (Wildman–Crippen LogP) is 3.02. The van der Waals surface area contributed by atoms with Gasteiger partial charge in [-0.05, 0) is 25.6 Å². The highest BCUT2D eigenvalue weighted by molar-refractivity contribution is 5.09. The summed E-state index contributed by atoms with van der Waals surface area (Å²) in [4.78, 5) is 0. The molecule has 0 spiro atoms. The van der Waals surface area contributed by atoms with Crippen LogP contribution < -0.4 is 5.32 Å². The highest BCUT2D eigenvalue weighted by atomic mass is 14.8. The Hall–Kier alpha value is -0.980. The van der Waals surface area contributed by atoms with Gasteiger partial charge in [-0.25, -0.2) is 0 Å². The van der Waals surface area contributed by atoms with Gasteiger partial charge < -0.3 is 5.32 Å². The Morgan fingerprint density at radius 3 is 2.50 bits per heavy atom. The Bertz CT molecular complexity index is 154. The van der Waals surface area contributed by atoms with Crippen LogP contribution in [0.5, 0.6) is 0 Å². The smallest absolute Gasteiger partial charge is 0.0141 e. The topological polar surface area (TPSA) is 12.0 Å². The van der Waals surface area contributed by atoms with Crippen molar-refractivity contribution in [2.45, 2.75) is 26.7 Å². The number of unbranched alkanes of at least 4 members (excludes halogenated alkanes) is 1. The molecule has 0 rings (SSSR count). The molecule has 0 aromatic rings. The number of nitrogens with one attached hydrogen (secondary N) is 1. The van der Waals surface area contributed by atoms with Crippen molar-refractivity contribution < 1.29 is 0 Å². The van der Waals surface area contributed by atoms with Gasteiger partial charge in [0.05, 0.1) is 0 Å². The lowest BCUT2D eigenvalue weighted by Gasteiger charge is -1.94. The molecule has 0 heterocycles. The molecule has 0 radical (unpaired) electrons. The second kappa shape index (κ2) is 10.0. The molecular formula is C11H19N. The lowest BCUT2D eigenvalue weighted by Crippen LogP contribution is -2.05. The first-order valence-electron chi connectivity index (χ1n) is 4.59. The van der Waals surface area contributed by atoms with Crippen LogP contribution in [0.25, 0.3) is 0 Å². The normalized spacial score (nSPS) is 12.2. The molecule has 0 fully saturated rings. The molecule has 12 heavy (non-hydrogen) atoms. The monoisotopic (exact) mass is 165 g/mol. The van der Waals surface area contributed by atoms with E-state index in [1.165, 1.54) is 12.8 Å². The summed E-state index contributed by atoms with van der Waals surface area (Å²) in [6.45, 7) is 5.27. The summed E-state index contributed by atoms with van der Waals surface area (Å²) >= 11 is 0. The number of rotatable bonds is 6. The van der Waals surface area contributed by atoms with E-state index in [0.29, 0.717) is 0 Å². The number of hydrogen-bond acceptors (Lipinski definition) is 1. The van der Waals surface area contributed by atoms with Gasteiger partial charge in [0.2, 0.25) is 0 Å². The van der Waals surface area contributed by atoms with Crippen molar-refractivity contribution in [3.05, 3.63) is 36.6 Å². The molecule has 0 unspecified atom stereocenters. The molecule has 0 bridgehead atoms. The molecule has 0 aromatic carbocycles. The highest BCUT2D eigenvalue weighted by Crippen LogP contribution is 1.82. The maximum Gasteiger partial charge on any atom is 0.0141 e. The van der Waals surface area contributed by atoms with Gasteiger partial charge in [-0.15, -0.1) is 0 Å². The number of hydrogen-bond donors (Lipinski definition) is 1. The average Bonchev–Trinajstić information content (AvgIpc) is 2.10. The standard InChI is InChI=1S/C11H19N/c1-3-5-7-8-9-11-12-10-6-4-2/h3,5,7-9,11-12H,4,6,10H2,1-2H3/b5-3-,8-7-,11-9+. The zero-order valence-corrected chi connectivity index (χ0v) is 8.09. The molecule has 0 saturated heterocycles. The SMILES string of the molecule is C\C=C/C=C\C=C\NCCCC. The van der Waals surface area contributed by atoms with Crippen molar-refractivity contribution >= 4 is 0 Å². The molecule has 0 atom stereocenters. The molecule has 1 nitrogen and oxygen atoms in total. The van der Waals surface area contributed by atoms with Crippen LogP contribution in [0.15, 0.2) is 36.6 Å². The molecule has 0 saturated carbocycles. The lowest BCUT2D eigenvalue weighted by atomic mass is 10.3. The van der Waals surface area contributed by atoms with Crippen molar-refractivity contribution in [2.75, 3.05) is 6.54 Å². The van der Waals surface area contributed by atoms with E-state index in [9.17, 15) is 0 Å². The lowest BCUT2D eigenvalue weighted by molar-refractivity contribution is 0.735. The van der Waals surface area contributed by atoms with Crippen LogP contribution in [0, 0.1) is 0 Å². The highest BCUT2D eigenvalue weighted by Gasteiger charge is 1.76. The third kappa shape index (κ3) is 9.02. The van der Waals surface area contributed by atoms with Crippen molar-refractivity contribution in [3.8, 4) is 0 Å². The van der Waals surface area contributed by atoms with Crippen LogP contribution in [-0.4, -0.2) is 6.54 Å². The van der Waals surface area contributed by atoms with Gasteiger partial charge in [-0.2, -0.15) is 0 Å². The summed E-state index contributed by atoms with van der Waals surface area (Å²) in [5.41, 5.74) is 0. The molecule has 1 heteroatoms. The van der Waals surface area contributed by atoms with Gasteiger partial charge in [-0.1, -0.05) is 37.6 Å². The minimum Gasteiger partial charge on any atom is -0.391 e. The molecule has 0 aliphatic carbocycles. The van der Waals surface area contributed by atoms with Gasteiger partial charge in [0, 0.05) is 6.54 Å². The van der Waals surface area contributed by atoms with Gasteiger partial charge in [-0.3, -0.25) is 0 Å². The Morgan fingerprint density at radius 2 is 1.83 bits per heavy atom. The van der Waals surface area contributed by atoms with E-state index in [1.54, 1.807) is 0 Å². The third-order valence-electron chi connectivity index (χ3n) is 1.41. The van der Waals surface area contributed by atoms with Crippen molar-refractivity contribution in [1.29, 1.82) is 0 Å². The molecule has 0 aromatic heterocycles. The summed E-state index contributed by atoms with van der Waals surface area (Å²) < 4.78 is 0. The minimum atomic E-state index is 1.07. The average molecular weight is 165 g/mol. The Morgan fingerprint density at radius 1 is 1.08 bits per heavy atom. The summed E-state index contributed by atoms with van der Waals surface area (Å²) in [5.74, 6) is 0. The van der Waals surface area contributed by atoms with E-state index in [-0.39, 0.29) is 0 Å². The molecule has 1 N–H and O–H groups in total. The van der Waals surface area contributed by atoms with Crippen LogP contribution in [0.2, 0.25) is 0 Å². The van der Waals surface area contributed by atoms with Crippen LogP contribution in [-0.2, 0) is 0 Å². The zero-order chi connectivity index (χ0) is 9.07. The summed E-state index contributed by atoms with van der Waals surface area (Å²) in [7, 11) is 0. The maximum atomic E-state index is 3.21. The Balaban J connectivity index is 3.24. The fraction of sp³-hybridized carbons (Fsp3) is 0.455. The molecular weight excluding hydrogens is 146 g/mol. The molecule has 68 valence electrons. The second-order valence-electron chi connectivity index (χ2n) is 2.58. The van der Waals surface area contributed by atoms with Crippen LogP contribution in [0.4, 0.5) is 0 Å². The Labute approximate surface area is 75.9 Å². The van der Waals surface area contributed by atoms with Gasteiger partial charge >= 0.3 is 0 Å². The number of allylic oxidation sites excluding steroid dienone is 5. The van der Waals surface area contributed by atoms with Crippen LogP contribution in [0.3, 0.4) is 0 Å². The third-order valence-corrected chi connectivity index (χ3v) is 1.41. The van der Waals surface area contributed by atoms with Crippen LogP contribution >= 0.6 is 0 Å². The Kier molecular flexibility index (Phi) is 9.20. The quantitative estimate of drug-likeness (QED) is 0.471. The minimum absolute atomic E-state index is 1.07. The largest absolute Gasteiger partial charge is 0.391 e. The zero-order valence-electron chi connectivity index (χ0n) is 8.09. The van der Waals surface area contributed by atoms with E-state index >= 15 is 0 Å². The van der Waals surface area contributed by atoms with Crippen molar-refractivity contribution in [1.82, 2.24) is 5.32 Å². The summed E-state index contributed by atoms with van der Waals surface area (Å²) in [6, 6.07) is 0. The van der Waals surface area contributed by atoms with Gasteiger partial charge in [0.1, 0.15) is 0 Å². The van der Waals surface area contributed by atoms with Gasteiger partial charge in [0.25, 0.3) is 0 Å². The molecule has 0 aliphatic heterocycles. The van der Waals surface area contributed by atoms with Crippen LogP contribution in [0.1, 0.15) is 26.7 Å².